The Hall–Kier alpha value is -1.57. The number of carbonyl (C=O) groups excluding carboxylic acids is 2. The molecule has 17 heavy (non-hydrogen) atoms. The third-order valence-corrected chi connectivity index (χ3v) is 3.36. The van der Waals surface area contributed by atoms with E-state index in [-0.39, 0.29) is 17.6 Å². The van der Waals surface area contributed by atoms with Gasteiger partial charge < -0.3 is 16.0 Å². The van der Waals surface area contributed by atoms with Crippen molar-refractivity contribution in [3.05, 3.63) is 5.82 Å². The lowest BCUT2D eigenvalue weighted by molar-refractivity contribution is -0.118. The monoisotopic (exact) mass is 257 g/mol. The highest BCUT2D eigenvalue weighted by Crippen LogP contribution is 2.21. The van der Waals surface area contributed by atoms with Crippen molar-refractivity contribution < 1.29 is 9.59 Å². The van der Waals surface area contributed by atoms with Crippen LogP contribution < -0.4 is 11.5 Å². The van der Waals surface area contributed by atoms with Crippen LogP contribution in [0.15, 0.2) is 5.16 Å². The van der Waals surface area contributed by atoms with E-state index in [9.17, 15) is 9.59 Å². The van der Waals surface area contributed by atoms with E-state index >= 15 is 0 Å². The normalized spacial score (nSPS) is 12.4. The number of aryl methyl sites for hydroxylation is 1. The molecule has 0 unspecified atom stereocenters. The molecule has 0 spiro atoms. The van der Waals surface area contributed by atoms with Crippen LogP contribution in [0.2, 0.25) is 0 Å². The SMILES string of the molecule is C[C@@H](Sc1nnc(CCC(N)=O)n1C)C(N)=O. The van der Waals surface area contributed by atoms with Gasteiger partial charge >= 0.3 is 0 Å². The number of thioether (sulfide) groups is 1. The van der Waals surface area contributed by atoms with Gasteiger partial charge in [-0.2, -0.15) is 0 Å². The van der Waals surface area contributed by atoms with Crippen molar-refractivity contribution in [1.29, 1.82) is 0 Å². The predicted octanol–water partition coefficient (Wildman–Crippen LogP) is -0.801. The minimum absolute atomic E-state index is 0.224. The fourth-order valence-corrected chi connectivity index (χ4v) is 1.90. The van der Waals surface area contributed by atoms with Gasteiger partial charge in [-0.15, -0.1) is 10.2 Å². The van der Waals surface area contributed by atoms with Gasteiger partial charge in [-0.25, -0.2) is 0 Å². The molecular weight excluding hydrogens is 242 g/mol. The van der Waals surface area contributed by atoms with Crippen molar-refractivity contribution in [2.24, 2.45) is 18.5 Å². The largest absolute Gasteiger partial charge is 0.370 e. The highest BCUT2D eigenvalue weighted by atomic mass is 32.2. The Balaban J connectivity index is 2.70. The number of hydrogen-bond acceptors (Lipinski definition) is 5. The highest BCUT2D eigenvalue weighted by molar-refractivity contribution is 8.00. The van der Waals surface area contributed by atoms with E-state index in [2.05, 4.69) is 10.2 Å². The Bertz CT molecular complexity index is 431. The lowest BCUT2D eigenvalue weighted by atomic mass is 10.3. The van der Waals surface area contributed by atoms with E-state index in [0.717, 1.165) is 0 Å². The third kappa shape index (κ3) is 3.74. The number of nitrogens with zero attached hydrogens (tertiary/aromatic N) is 3. The van der Waals surface area contributed by atoms with Crippen LogP contribution in [0, 0.1) is 0 Å². The Labute approximate surface area is 103 Å². The van der Waals surface area contributed by atoms with Crippen LogP contribution in [0.25, 0.3) is 0 Å². The van der Waals surface area contributed by atoms with Crippen LogP contribution in [-0.2, 0) is 23.1 Å². The van der Waals surface area contributed by atoms with Gasteiger partial charge in [0.1, 0.15) is 5.82 Å². The number of amides is 2. The van der Waals surface area contributed by atoms with E-state index in [0.29, 0.717) is 17.4 Å². The van der Waals surface area contributed by atoms with Gasteiger partial charge in [0, 0.05) is 19.9 Å². The number of primary amides is 2. The summed E-state index contributed by atoms with van der Waals surface area (Å²) in [5.41, 5.74) is 10.2. The first kappa shape index (κ1) is 13.5. The number of carbonyl (C=O) groups is 2. The summed E-state index contributed by atoms with van der Waals surface area (Å²) >= 11 is 1.23. The molecule has 0 aliphatic heterocycles. The van der Waals surface area contributed by atoms with Gasteiger partial charge in [-0.1, -0.05) is 11.8 Å². The summed E-state index contributed by atoms with van der Waals surface area (Å²) in [7, 11) is 1.77. The zero-order valence-corrected chi connectivity index (χ0v) is 10.5. The predicted molar refractivity (Wildman–Crippen MR) is 63.0 cm³/mol. The molecule has 1 aromatic heterocycles. The van der Waals surface area contributed by atoms with Crippen molar-refractivity contribution in [2.45, 2.75) is 30.2 Å². The van der Waals surface area contributed by atoms with Crippen molar-refractivity contribution in [3.63, 3.8) is 0 Å². The Morgan fingerprint density at radius 2 is 2.06 bits per heavy atom. The number of nitrogens with two attached hydrogens (primary N) is 2. The molecule has 7 nitrogen and oxygen atoms in total. The van der Waals surface area contributed by atoms with Gasteiger partial charge in [0.2, 0.25) is 11.8 Å². The average molecular weight is 257 g/mol. The molecule has 0 fully saturated rings. The van der Waals surface area contributed by atoms with E-state index < -0.39 is 5.91 Å². The van der Waals surface area contributed by atoms with Gasteiger partial charge in [-0.3, -0.25) is 9.59 Å². The van der Waals surface area contributed by atoms with Crippen molar-refractivity contribution in [1.82, 2.24) is 14.8 Å². The first-order chi connectivity index (χ1) is 7.91. The van der Waals surface area contributed by atoms with E-state index in [1.807, 2.05) is 0 Å². The molecule has 0 aliphatic carbocycles. The van der Waals surface area contributed by atoms with Gasteiger partial charge in [-0.05, 0) is 6.92 Å². The number of aromatic nitrogens is 3. The number of rotatable bonds is 6. The second kappa shape index (κ2) is 5.67. The first-order valence-corrected chi connectivity index (χ1v) is 5.92. The van der Waals surface area contributed by atoms with Crippen molar-refractivity contribution >= 4 is 23.6 Å². The lowest BCUT2D eigenvalue weighted by Gasteiger charge is -2.06. The summed E-state index contributed by atoms with van der Waals surface area (Å²) in [6.45, 7) is 1.70. The van der Waals surface area contributed by atoms with Crippen LogP contribution in [0.4, 0.5) is 0 Å². The highest BCUT2D eigenvalue weighted by Gasteiger charge is 2.16. The number of hydrogen-bond donors (Lipinski definition) is 2. The zero-order valence-electron chi connectivity index (χ0n) is 9.71. The molecule has 1 atom stereocenters. The summed E-state index contributed by atoms with van der Waals surface area (Å²) in [6, 6.07) is 0. The van der Waals surface area contributed by atoms with Gasteiger partial charge in [0.25, 0.3) is 0 Å². The Kier molecular flexibility index (Phi) is 4.50. The summed E-state index contributed by atoms with van der Waals surface area (Å²) < 4.78 is 1.73. The van der Waals surface area contributed by atoms with E-state index in [1.165, 1.54) is 11.8 Å². The van der Waals surface area contributed by atoms with Crippen LogP contribution in [-0.4, -0.2) is 31.8 Å². The summed E-state index contributed by atoms with van der Waals surface area (Å²) in [5.74, 6) is -0.132. The quantitative estimate of drug-likeness (QED) is 0.647. The van der Waals surface area contributed by atoms with Crippen LogP contribution in [0.5, 0.6) is 0 Å². The molecule has 2 amide bonds. The van der Waals surface area contributed by atoms with Crippen LogP contribution >= 0.6 is 11.8 Å². The molecular formula is C9H15N5O2S. The molecule has 94 valence electrons. The van der Waals surface area contributed by atoms with Gasteiger partial charge in [0.15, 0.2) is 5.16 Å². The maximum absolute atomic E-state index is 10.9. The molecule has 0 saturated carbocycles. The molecule has 0 aromatic carbocycles. The van der Waals surface area contributed by atoms with Gasteiger partial charge in [0.05, 0.1) is 5.25 Å². The Morgan fingerprint density at radius 1 is 1.41 bits per heavy atom. The molecule has 1 heterocycles. The zero-order chi connectivity index (χ0) is 13.0. The fraction of sp³-hybridized carbons (Fsp3) is 0.556. The molecule has 4 N–H and O–H groups in total. The minimum atomic E-state index is -0.406. The molecule has 0 aliphatic rings. The molecule has 0 radical (unpaired) electrons. The second-order valence-electron chi connectivity index (χ2n) is 3.59. The fourth-order valence-electron chi connectivity index (χ4n) is 1.12. The molecule has 0 saturated heterocycles. The molecule has 1 aromatic rings. The maximum atomic E-state index is 10.9. The summed E-state index contributed by atoms with van der Waals surface area (Å²) in [4.78, 5) is 21.6. The third-order valence-electron chi connectivity index (χ3n) is 2.20. The van der Waals surface area contributed by atoms with E-state index in [1.54, 1.807) is 18.5 Å². The lowest BCUT2D eigenvalue weighted by Crippen LogP contribution is -2.23. The topological polar surface area (TPSA) is 117 Å². The van der Waals surface area contributed by atoms with Crippen LogP contribution in [0.1, 0.15) is 19.2 Å². The molecule has 0 bridgehead atoms. The smallest absolute Gasteiger partial charge is 0.230 e. The minimum Gasteiger partial charge on any atom is -0.370 e. The van der Waals surface area contributed by atoms with E-state index in [4.69, 9.17) is 11.5 Å². The first-order valence-electron chi connectivity index (χ1n) is 5.04. The van der Waals surface area contributed by atoms with Crippen molar-refractivity contribution in [3.8, 4) is 0 Å². The summed E-state index contributed by atoms with van der Waals surface area (Å²) in [6.07, 6.45) is 0.659. The standard InChI is InChI=1S/C9H15N5O2S/c1-5(8(11)16)17-9-13-12-7(14(9)2)4-3-6(10)15/h5H,3-4H2,1-2H3,(H2,10,15)(H2,11,16)/t5-/m1/s1. The molecule has 8 heteroatoms. The maximum Gasteiger partial charge on any atom is 0.230 e. The van der Waals surface area contributed by atoms with Crippen molar-refractivity contribution in [2.75, 3.05) is 0 Å². The van der Waals surface area contributed by atoms with Crippen LogP contribution in [0.3, 0.4) is 0 Å². The second-order valence-corrected chi connectivity index (χ2v) is 4.89. The Morgan fingerprint density at radius 3 is 2.59 bits per heavy atom. The summed E-state index contributed by atoms with van der Waals surface area (Å²) in [5, 5.41) is 8.08. The average Bonchev–Trinajstić information content (AvgIpc) is 2.57. The molecule has 1 rings (SSSR count).